The molecule has 1 fully saturated rings. The Balaban J connectivity index is 1.90. The Hall–Kier alpha value is -0.510. The van der Waals surface area contributed by atoms with E-state index < -0.39 is 0 Å². The lowest BCUT2D eigenvalue weighted by atomic mass is 10.0. The molecule has 1 aliphatic rings. The lowest BCUT2D eigenvalue weighted by Crippen LogP contribution is -2.11. The molecule has 0 amide bonds. The first-order valence-corrected chi connectivity index (χ1v) is 5.61. The normalized spacial score (nSPS) is 23.0. The van der Waals surface area contributed by atoms with E-state index in [2.05, 4.69) is 24.3 Å². The zero-order chi connectivity index (χ0) is 9.64. The monoisotopic (exact) mass is 210 g/mol. The zero-order valence-corrected chi connectivity index (χ0v) is 8.83. The number of benzene rings is 1. The second kappa shape index (κ2) is 5.39. The van der Waals surface area contributed by atoms with Gasteiger partial charge in [0.1, 0.15) is 0 Å². The first-order valence-electron chi connectivity index (χ1n) is 4.94. The summed E-state index contributed by atoms with van der Waals surface area (Å²) in [4.78, 5) is 0. The van der Waals surface area contributed by atoms with Crippen LogP contribution < -0.4 is 0 Å². The van der Waals surface area contributed by atoms with E-state index in [1.165, 1.54) is 5.56 Å². The lowest BCUT2D eigenvalue weighted by Gasteiger charge is -2.11. The number of rotatable bonds is 2. The van der Waals surface area contributed by atoms with Gasteiger partial charge in [0.25, 0.3) is 0 Å². The summed E-state index contributed by atoms with van der Waals surface area (Å²) in [5.74, 6) is 0. The molecule has 0 radical (unpaired) electrons. The Bertz CT molecular complexity index is 255. The Morgan fingerprint density at radius 2 is 2.14 bits per heavy atom. The van der Waals surface area contributed by atoms with Crippen LogP contribution in [0.25, 0.3) is 0 Å². The second-order valence-electron chi connectivity index (χ2n) is 3.44. The maximum atomic E-state index is 5.50. The van der Waals surface area contributed by atoms with Crippen LogP contribution in [0.4, 0.5) is 0 Å². The van der Waals surface area contributed by atoms with E-state index >= 15 is 0 Å². The third-order valence-corrected chi connectivity index (χ3v) is 2.90. The summed E-state index contributed by atoms with van der Waals surface area (Å²) in [5.41, 5.74) is 1.33. The summed E-state index contributed by atoms with van der Waals surface area (Å²) in [5, 5.41) is 0. The van der Waals surface area contributed by atoms with Crippen LogP contribution in [-0.2, 0) is 14.8 Å². The van der Waals surface area contributed by atoms with E-state index in [0.29, 0.717) is 6.10 Å². The van der Waals surface area contributed by atoms with Crippen molar-refractivity contribution in [3.05, 3.63) is 35.9 Å². The molecule has 2 rings (SSSR count). The van der Waals surface area contributed by atoms with Gasteiger partial charge in [0.05, 0.1) is 12.7 Å². The fraction of sp³-hybridized carbons (Fsp3) is 0.455. The molecule has 1 aromatic rings. The molecular formula is C11H14O2S. The van der Waals surface area contributed by atoms with Crippen molar-refractivity contribution in [2.24, 2.45) is 0 Å². The standard InChI is InChI=1S/C11H14O2S/c1-2-5-10(6-3-1)9-11-7-4-8-12-14-13-11/h1-3,5-6,11H,4,7-9H2/t11-/m0/s1. The van der Waals surface area contributed by atoms with Gasteiger partial charge in [-0.2, -0.15) is 0 Å². The average Bonchev–Trinajstić information content (AvgIpc) is 2.48. The Kier molecular flexibility index (Phi) is 3.86. The molecule has 0 saturated carbocycles. The lowest BCUT2D eigenvalue weighted by molar-refractivity contribution is 0.227. The highest BCUT2D eigenvalue weighted by Gasteiger charge is 2.14. The van der Waals surface area contributed by atoms with Crippen LogP contribution in [0.3, 0.4) is 0 Å². The van der Waals surface area contributed by atoms with Gasteiger partial charge < -0.3 is 0 Å². The largest absolute Gasteiger partial charge is 0.291 e. The minimum absolute atomic E-state index is 0.296. The third kappa shape index (κ3) is 3.01. The Morgan fingerprint density at radius 3 is 3.00 bits per heavy atom. The minimum atomic E-state index is 0.296. The summed E-state index contributed by atoms with van der Waals surface area (Å²) in [6, 6.07) is 10.4. The van der Waals surface area contributed by atoms with Crippen molar-refractivity contribution < 1.29 is 8.37 Å². The Morgan fingerprint density at radius 1 is 1.29 bits per heavy atom. The maximum absolute atomic E-state index is 5.50. The molecule has 14 heavy (non-hydrogen) atoms. The van der Waals surface area contributed by atoms with Gasteiger partial charge in [-0.15, -0.1) is 0 Å². The van der Waals surface area contributed by atoms with Gasteiger partial charge >= 0.3 is 0 Å². The summed E-state index contributed by atoms with van der Waals surface area (Å²) in [6.07, 6.45) is 3.45. The van der Waals surface area contributed by atoms with Gasteiger partial charge in [-0.25, -0.2) is 0 Å². The highest BCUT2D eigenvalue weighted by atomic mass is 32.2. The molecule has 0 unspecified atom stereocenters. The van der Waals surface area contributed by atoms with Gasteiger partial charge in [0.15, 0.2) is 12.3 Å². The van der Waals surface area contributed by atoms with Crippen LogP contribution in [-0.4, -0.2) is 12.7 Å². The van der Waals surface area contributed by atoms with Crippen LogP contribution in [0, 0.1) is 0 Å². The van der Waals surface area contributed by atoms with E-state index in [1.54, 1.807) is 0 Å². The third-order valence-electron chi connectivity index (χ3n) is 2.28. The molecule has 3 heteroatoms. The molecule has 0 aromatic heterocycles. The molecule has 1 saturated heterocycles. The van der Waals surface area contributed by atoms with E-state index in [9.17, 15) is 0 Å². The van der Waals surface area contributed by atoms with Crippen LogP contribution in [0.1, 0.15) is 18.4 Å². The molecule has 1 atom stereocenters. The first-order chi connectivity index (χ1) is 6.95. The van der Waals surface area contributed by atoms with Gasteiger partial charge in [0.2, 0.25) is 0 Å². The second-order valence-corrected chi connectivity index (χ2v) is 4.00. The average molecular weight is 210 g/mol. The van der Waals surface area contributed by atoms with Crippen molar-refractivity contribution >= 4 is 12.3 Å². The minimum Gasteiger partial charge on any atom is -0.291 e. The molecule has 0 N–H and O–H groups in total. The maximum Gasteiger partial charge on any atom is 0.158 e. The van der Waals surface area contributed by atoms with Crippen LogP contribution in [0.15, 0.2) is 30.3 Å². The van der Waals surface area contributed by atoms with Crippen LogP contribution >= 0.6 is 12.3 Å². The van der Waals surface area contributed by atoms with Crippen LogP contribution in [0.5, 0.6) is 0 Å². The summed E-state index contributed by atoms with van der Waals surface area (Å²) in [7, 11) is 0. The molecule has 0 spiro atoms. The SMILES string of the molecule is c1ccc(C[C@@H]2CCCOSO2)cc1. The molecular weight excluding hydrogens is 196 g/mol. The van der Waals surface area contributed by atoms with Gasteiger partial charge in [-0.05, 0) is 24.8 Å². The smallest absolute Gasteiger partial charge is 0.158 e. The van der Waals surface area contributed by atoms with E-state index in [0.717, 1.165) is 38.2 Å². The molecule has 76 valence electrons. The number of hydrogen-bond acceptors (Lipinski definition) is 3. The fourth-order valence-electron chi connectivity index (χ4n) is 1.55. The van der Waals surface area contributed by atoms with Crippen LogP contribution in [0.2, 0.25) is 0 Å². The van der Waals surface area contributed by atoms with Crippen molar-refractivity contribution in [3.8, 4) is 0 Å². The molecule has 0 aliphatic carbocycles. The summed E-state index contributed by atoms with van der Waals surface area (Å²) >= 11 is 1.14. The van der Waals surface area contributed by atoms with E-state index in [-0.39, 0.29) is 0 Å². The zero-order valence-electron chi connectivity index (χ0n) is 8.02. The van der Waals surface area contributed by atoms with Crippen molar-refractivity contribution in [2.75, 3.05) is 6.61 Å². The predicted octanol–water partition coefficient (Wildman–Crippen LogP) is 2.99. The van der Waals surface area contributed by atoms with Crippen molar-refractivity contribution in [1.29, 1.82) is 0 Å². The highest BCUT2D eigenvalue weighted by Crippen LogP contribution is 2.21. The molecule has 0 bridgehead atoms. The Labute approximate surface area is 89.0 Å². The van der Waals surface area contributed by atoms with Gasteiger partial charge in [-0.3, -0.25) is 8.37 Å². The van der Waals surface area contributed by atoms with Crippen molar-refractivity contribution in [2.45, 2.75) is 25.4 Å². The van der Waals surface area contributed by atoms with Crippen molar-refractivity contribution in [1.82, 2.24) is 0 Å². The van der Waals surface area contributed by atoms with E-state index in [1.807, 2.05) is 6.07 Å². The topological polar surface area (TPSA) is 18.5 Å². The van der Waals surface area contributed by atoms with Crippen molar-refractivity contribution in [3.63, 3.8) is 0 Å². The van der Waals surface area contributed by atoms with Gasteiger partial charge in [-0.1, -0.05) is 30.3 Å². The number of hydrogen-bond donors (Lipinski definition) is 0. The van der Waals surface area contributed by atoms with Gasteiger partial charge in [0, 0.05) is 0 Å². The molecule has 1 heterocycles. The predicted molar refractivity (Wildman–Crippen MR) is 57.8 cm³/mol. The molecule has 2 nitrogen and oxygen atoms in total. The first kappa shape index (κ1) is 10.0. The van der Waals surface area contributed by atoms with E-state index in [4.69, 9.17) is 8.37 Å². The molecule has 1 aliphatic heterocycles. The fourth-order valence-corrected chi connectivity index (χ4v) is 2.07. The molecule has 1 aromatic carbocycles. The summed E-state index contributed by atoms with van der Waals surface area (Å²) in [6.45, 7) is 0.802. The summed E-state index contributed by atoms with van der Waals surface area (Å²) < 4.78 is 10.7. The highest BCUT2D eigenvalue weighted by molar-refractivity contribution is 7.89. The quantitative estimate of drug-likeness (QED) is 0.699.